The van der Waals surface area contributed by atoms with Crippen LogP contribution in [0.2, 0.25) is 10.0 Å². The van der Waals surface area contributed by atoms with E-state index in [0.29, 0.717) is 22.5 Å². The number of para-hydroxylation sites is 1. The highest BCUT2D eigenvalue weighted by Gasteiger charge is 2.27. The molecule has 1 heterocycles. The van der Waals surface area contributed by atoms with Gasteiger partial charge in [0.05, 0.1) is 10.0 Å². The summed E-state index contributed by atoms with van der Waals surface area (Å²) in [5, 5.41) is 1.26. The van der Waals surface area contributed by atoms with Gasteiger partial charge in [0, 0.05) is 24.7 Å². The zero-order valence-electron chi connectivity index (χ0n) is 11.7. The van der Waals surface area contributed by atoms with E-state index in [0.717, 1.165) is 25.1 Å². The maximum Gasteiger partial charge on any atom is 0.0642 e. The monoisotopic (exact) mass is 320 g/mol. The number of anilines is 1. The van der Waals surface area contributed by atoms with Gasteiger partial charge >= 0.3 is 0 Å². The van der Waals surface area contributed by atoms with Crippen molar-refractivity contribution in [1.82, 2.24) is 0 Å². The molecule has 4 heteroatoms. The predicted molar refractivity (Wildman–Crippen MR) is 90.4 cm³/mol. The Balaban J connectivity index is 1.88. The largest absolute Gasteiger partial charge is 0.366 e. The Kier molecular flexibility index (Phi) is 4.39. The SMILES string of the molecule is NCCC1CN(Cc2cccc(Cl)c2Cl)c2ccccc21. The molecule has 1 unspecified atom stereocenters. The molecule has 110 valence electrons. The molecule has 1 aliphatic heterocycles. The van der Waals surface area contributed by atoms with Crippen LogP contribution in [-0.4, -0.2) is 13.1 Å². The Morgan fingerprint density at radius 1 is 1.10 bits per heavy atom. The standard InChI is InChI=1S/C17H18Cl2N2/c18-15-6-3-4-13(17(15)19)11-21-10-12(8-9-20)14-5-1-2-7-16(14)21/h1-7,12H,8-11,20H2. The Morgan fingerprint density at radius 2 is 1.90 bits per heavy atom. The second-order valence-electron chi connectivity index (χ2n) is 5.43. The summed E-state index contributed by atoms with van der Waals surface area (Å²) in [6, 6.07) is 14.4. The molecule has 0 fully saturated rings. The van der Waals surface area contributed by atoms with Gasteiger partial charge in [-0.1, -0.05) is 53.5 Å². The van der Waals surface area contributed by atoms with Crippen LogP contribution < -0.4 is 10.6 Å². The smallest absolute Gasteiger partial charge is 0.0642 e. The summed E-state index contributed by atoms with van der Waals surface area (Å²) in [6.07, 6.45) is 1.01. The summed E-state index contributed by atoms with van der Waals surface area (Å²) < 4.78 is 0. The van der Waals surface area contributed by atoms with E-state index in [1.165, 1.54) is 11.3 Å². The number of rotatable bonds is 4. The van der Waals surface area contributed by atoms with Gasteiger partial charge in [-0.25, -0.2) is 0 Å². The molecule has 0 radical (unpaired) electrons. The third-order valence-corrected chi connectivity index (χ3v) is 4.92. The predicted octanol–water partition coefficient (Wildman–Crippen LogP) is 4.45. The van der Waals surface area contributed by atoms with Crippen molar-refractivity contribution in [3.8, 4) is 0 Å². The Hall–Kier alpha value is -1.22. The summed E-state index contributed by atoms with van der Waals surface area (Å²) >= 11 is 12.4. The average Bonchev–Trinajstić information content (AvgIpc) is 2.83. The highest BCUT2D eigenvalue weighted by molar-refractivity contribution is 6.42. The highest BCUT2D eigenvalue weighted by atomic mass is 35.5. The van der Waals surface area contributed by atoms with Crippen molar-refractivity contribution in [2.24, 2.45) is 5.73 Å². The van der Waals surface area contributed by atoms with Crippen LogP contribution in [0.5, 0.6) is 0 Å². The first-order valence-electron chi connectivity index (χ1n) is 7.17. The fourth-order valence-electron chi connectivity index (χ4n) is 3.06. The Labute approximate surface area is 135 Å². The number of nitrogens with two attached hydrogens (primary N) is 1. The van der Waals surface area contributed by atoms with Crippen LogP contribution in [0.15, 0.2) is 42.5 Å². The van der Waals surface area contributed by atoms with Crippen LogP contribution in [0, 0.1) is 0 Å². The van der Waals surface area contributed by atoms with Crippen molar-refractivity contribution in [3.05, 3.63) is 63.6 Å². The number of hydrogen-bond acceptors (Lipinski definition) is 2. The second kappa shape index (κ2) is 6.27. The summed E-state index contributed by atoms with van der Waals surface area (Å²) in [7, 11) is 0. The number of fused-ring (bicyclic) bond motifs is 1. The molecule has 2 N–H and O–H groups in total. The number of benzene rings is 2. The van der Waals surface area contributed by atoms with Crippen LogP contribution in [0.3, 0.4) is 0 Å². The lowest BCUT2D eigenvalue weighted by molar-refractivity contribution is 0.644. The lowest BCUT2D eigenvalue weighted by Gasteiger charge is -2.21. The van der Waals surface area contributed by atoms with Gasteiger partial charge in [0.2, 0.25) is 0 Å². The van der Waals surface area contributed by atoms with E-state index in [4.69, 9.17) is 28.9 Å². The van der Waals surface area contributed by atoms with E-state index in [1.54, 1.807) is 0 Å². The minimum absolute atomic E-state index is 0.504. The number of nitrogens with zero attached hydrogens (tertiary/aromatic N) is 1. The summed E-state index contributed by atoms with van der Waals surface area (Å²) in [5.41, 5.74) is 9.49. The summed E-state index contributed by atoms with van der Waals surface area (Å²) in [6.45, 7) is 2.47. The van der Waals surface area contributed by atoms with Crippen molar-refractivity contribution < 1.29 is 0 Å². The molecule has 2 aromatic rings. The highest BCUT2D eigenvalue weighted by Crippen LogP contribution is 2.39. The number of hydrogen-bond donors (Lipinski definition) is 1. The van der Waals surface area contributed by atoms with E-state index in [1.807, 2.05) is 18.2 Å². The molecule has 3 rings (SSSR count). The molecule has 2 nitrogen and oxygen atoms in total. The van der Waals surface area contributed by atoms with Gasteiger partial charge in [0.25, 0.3) is 0 Å². The fourth-order valence-corrected chi connectivity index (χ4v) is 3.44. The molecule has 0 bridgehead atoms. The van der Waals surface area contributed by atoms with Crippen molar-refractivity contribution in [2.45, 2.75) is 18.9 Å². The van der Waals surface area contributed by atoms with Crippen molar-refractivity contribution >= 4 is 28.9 Å². The van der Waals surface area contributed by atoms with Crippen LogP contribution in [0.25, 0.3) is 0 Å². The van der Waals surface area contributed by atoms with Gasteiger partial charge in [0.1, 0.15) is 0 Å². The lowest BCUT2D eigenvalue weighted by atomic mass is 9.98. The molecule has 0 aliphatic carbocycles. The fraction of sp³-hybridized carbons (Fsp3) is 0.294. The topological polar surface area (TPSA) is 29.3 Å². The molecule has 0 aromatic heterocycles. The quantitative estimate of drug-likeness (QED) is 0.902. The van der Waals surface area contributed by atoms with E-state index in [9.17, 15) is 0 Å². The van der Waals surface area contributed by atoms with Crippen LogP contribution >= 0.6 is 23.2 Å². The van der Waals surface area contributed by atoms with Crippen molar-refractivity contribution in [1.29, 1.82) is 0 Å². The molecule has 1 aliphatic rings. The molecular weight excluding hydrogens is 303 g/mol. The van der Waals surface area contributed by atoms with Gasteiger partial charge in [-0.3, -0.25) is 0 Å². The summed E-state index contributed by atoms with van der Waals surface area (Å²) in [5.74, 6) is 0.504. The zero-order valence-corrected chi connectivity index (χ0v) is 13.2. The van der Waals surface area contributed by atoms with Crippen LogP contribution in [0.1, 0.15) is 23.5 Å². The molecular formula is C17H18Cl2N2. The van der Waals surface area contributed by atoms with Gasteiger partial charge in [-0.2, -0.15) is 0 Å². The molecule has 0 saturated heterocycles. The molecule has 0 spiro atoms. The van der Waals surface area contributed by atoms with Crippen molar-refractivity contribution in [3.63, 3.8) is 0 Å². The Morgan fingerprint density at radius 3 is 2.71 bits per heavy atom. The lowest BCUT2D eigenvalue weighted by Crippen LogP contribution is -2.22. The second-order valence-corrected chi connectivity index (χ2v) is 6.21. The minimum atomic E-state index is 0.504. The van der Waals surface area contributed by atoms with E-state index >= 15 is 0 Å². The van der Waals surface area contributed by atoms with E-state index < -0.39 is 0 Å². The average molecular weight is 321 g/mol. The Bertz CT molecular complexity index is 642. The van der Waals surface area contributed by atoms with Crippen molar-refractivity contribution in [2.75, 3.05) is 18.0 Å². The molecule has 2 aromatic carbocycles. The first kappa shape index (κ1) is 14.7. The molecule has 0 amide bonds. The third-order valence-electron chi connectivity index (χ3n) is 4.07. The number of halogens is 2. The maximum absolute atomic E-state index is 6.32. The van der Waals surface area contributed by atoms with Crippen LogP contribution in [0.4, 0.5) is 5.69 Å². The van der Waals surface area contributed by atoms with Gasteiger partial charge in [0.15, 0.2) is 0 Å². The maximum atomic E-state index is 6.32. The van der Waals surface area contributed by atoms with E-state index in [2.05, 4.69) is 29.2 Å². The third kappa shape index (κ3) is 2.89. The molecule has 1 atom stereocenters. The minimum Gasteiger partial charge on any atom is -0.366 e. The van der Waals surface area contributed by atoms with Gasteiger partial charge in [-0.15, -0.1) is 0 Å². The van der Waals surface area contributed by atoms with Crippen LogP contribution in [-0.2, 0) is 6.54 Å². The molecule has 0 saturated carbocycles. The van der Waals surface area contributed by atoms with E-state index in [-0.39, 0.29) is 0 Å². The molecule has 21 heavy (non-hydrogen) atoms. The van der Waals surface area contributed by atoms with Gasteiger partial charge < -0.3 is 10.6 Å². The first-order chi connectivity index (χ1) is 10.2. The first-order valence-corrected chi connectivity index (χ1v) is 7.93. The zero-order chi connectivity index (χ0) is 14.8. The summed E-state index contributed by atoms with van der Waals surface area (Å²) in [4.78, 5) is 2.37. The van der Waals surface area contributed by atoms with Gasteiger partial charge in [-0.05, 0) is 36.2 Å². The normalized spacial score (nSPS) is 17.1.